The molecule has 6 heteroatoms. The molecule has 19 heavy (non-hydrogen) atoms. The number of carboxylic acid groups (broad SMARTS) is 1. The molecule has 0 bridgehead atoms. The van der Waals surface area contributed by atoms with Crippen LogP contribution in [0.3, 0.4) is 0 Å². The van der Waals surface area contributed by atoms with Crippen LogP contribution in [0.4, 0.5) is 5.82 Å². The van der Waals surface area contributed by atoms with Gasteiger partial charge in [-0.1, -0.05) is 0 Å². The molecule has 102 valence electrons. The summed E-state index contributed by atoms with van der Waals surface area (Å²) in [4.78, 5) is 17.2. The molecule has 1 N–H and O–H groups in total. The van der Waals surface area contributed by atoms with E-state index in [1.165, 1.54) is 0 Å². The summed E-state index contributed by atoms with van der Waals surface area (Å²) < 4.78 is 1.77. The van der Waals surface area contributed by atoms with Gasteiger partial charge in [0.05, 0.1) is 12.1 Å². The Balaban J connectivity index is 2.42. The molecule has 0 radical (unpaired) electrons. The van der Waals surface area contributed by atoms with Crippen LogP contribution in [-0.2, 0) is 4.79 Å². The number of hydrogen-bond donors (Lipinski definition) is 1. The molecule has 0 aliphatic carbocycles. The minimum atomic E-state index is -0.803. The summed E-state index contributed by atoms with van der Waals surface area (Å²) in [5, 5.41) is 13.3. The first-order valence-electron chi connectivity index (χ1n) is 6.32. The number of carbonyl (C=O) groups is 1. The van der Waals surface area contributed by atoms with Crippen LogP contribution in [-0.4, -0.2) is 38.3 Å². The number of aliphatic carboxylic acids is 1. The summed E-state index contributed by atoms with van der Waals surface area (Å²) in [5.41, 5.74) is 1.82. The van der Waals surface area contributed by atoms with Crippen molar-refractivity contribution in [3.05, 3.63) is 24.2 Å². The van der Waals surface area contributed by atoms with Crippen molar-refractivity contribution < 1.29 is 9.90 Å². The largest absolute Gasteiger partial charge is 0.481 e. The number of nitrogens with zero attached hydrogens (tertiary/aromatic N) is 4. The van der Waals surface area contributed by atoms with Gasteiger partial charge in [-0.2, -0.15) is 5.10 Å². The smallest absolute Gasteiger partial charge is 0.305 e. The Hall–Kier alpha value is -2.11. The SMILES string of the molecule is CCN(c1nccn2nc(C)cc12)C(C)CC(=O)O. The van der Waals surface area contributed by atoms with Crippen molar-refractivity contribution in [2.45, 2.75) is 33.2 Å². The zero-order valence-electron chi connectivity index (χ0n) is 11.4. The monoisotopic (exact) mass is 262 g/mol. The molecule has 0 aromatic carbocycles. The van der Waals surface area contributed by atoms with Crippen LogP contribution < -0.4 is 4.90 Å². The molecule has 0 fully saturated rings. The van der Waals surface area contributed by atoms with E-state index in [1.54, 1.807) is 16.9 Å². The highest BCUT2D eigenvalue weighted by Crippen LogP contribution is 2.22. The highest BCUT2D eigenvalue weighted by atomic mass is 16.4. The summed E-state index contributed by atoms with van der Waals surface area (Å²) in [6, 6.07) is 1.84. The van der Waals surface area contributed by atoms with Crippen LogP contribution in [0.25, 0.3) is 5.52 Å². The lowest BCUT2D eigenvalue weighted by Gasteiger charge is -2.28. The lowest BCUT2D eigenvalue weighted by atomic mass is 10.2. The second kappa shape index (κ2) is 5.26. The molecular weight excluding hydrogens is 244 g/mol. The molecule has 0 saturated carbocycles. The van der Waals surface area contributed by atoms with Crippen LogP contribution in [0.5, 0.6) is 0 Å². The van der Waals surface area contributed by atoms with Crippen LogP contribution >= 0.6 is 0 Å². The molecule has 2 aromatic heterocycles. The molecule has 0 aliphatic heterocycles. The standard InChI is InChI=1S/C13H18N4O2/c1-4-16(10(3)8-12(18)19)13-11-7-9(2)15-17(11)6-5-14-13/h5-7,10H,4,8H2,1-3H3,(H,18,19). The highest BCUT2D eigenvalue weighted by Gasteiger charge is 2.19. The molecule has 0 saturated heterocycles. The molecular formula is C13H18N4O2. The second-order valence-corrected chi connectivity index (χ2v) is 4.60. The van der Waals surface area contributed by atoms with Gasteiger partial charge < -0.3 is 10.0 Å². The first-order chi connectivity index (χ1) is 9.02. The van der Waals surface area contributed by atoms with Crippen molar-refractivity contribution in [1.82, 2.24) is 14.6 Å². The molecule has 0 spiro atoms. The molecule has 0 aliphatic rings. The fourth-order valence-corrected chi connectivity index (χ4v) is 2.28. The van der Waals surface area contributed by atoms with Gasteiger partial charge in [-0.05, 0) is 26.8 Å². The van der Waals surface area contributed by atoms with Crippen molar-refractivity contribution in [1.29, 1.82) is 0 Å². The summed E-state index contributed by atoms with van der Waals surface area (Å²) in [5.74, 6) is -0.0260. The van der Waals surface area contributed by atoms with E-state index in [2.05, 4.69) is 10.1 Å². The van der Waals surface area contributed by atoms with Gasteiger partial charge in [0.1, 0.15) is 5.52 Å². The predicted molar refractivity (Wildman–Crippen MR) is 72.5 cm³/mol. The molecule has 6 nitrogen and oxygen atoms in total. The lowest BCUT2D eigenvalue weighted by molar-refractivity contribution is -0.137. The van der Waals surface area contributed by atoms with Crippen LogP contribution in [0, 0.1) is 6.92 Å². The molecule has 1 unspecified atom stereocenters. The van der Waals surface area contributed by atoms with Gasteiger partial charge in [0, 0.05) is 25.0 Å². The molecule has 2 heterocycles. The molecule has 2 rings (SSSR count). The highest BCUT2D eigenvalue weighted by molar-refractivity contribution is 5.72. The number of fused-ring (bicyclic) bond motifs is 1. The van der Waals surface area contributed by atoms with Gasteiger partial charge in [-0.15, -0.1) is 0 Å². The number of carboxylic acids is 1. The predicted octanol–water partition coefficient (Wildman–Crippen LogP) is 1.73. The third kappa shape index (κ3) is 2.67. The summed E-state index contributed by atoms with van der Waals surface area (Å²) in [6.45, 7) is 6.51. The van der Waals surface area contributed by atoms with Crippen LogP contribution in [0.1, 0.15) is 26.0 Å². The van der Waals surface area contributed by atoms with Crippen LogP contribution in [0.2, 0.25) is 0 Å². The summed E-state index contributed by atoms with van der Waals surface area (Å²) >= 11 is 0. The van der Waals surface area contributed by atoms with Gasteiger partial charge in [0.15, 0.2) is 5.82 Å². The zero-order chi connectivity index (χ0) is 14.0. The Labute approximate surface area is 111 Å². The van der Waals surface area contributed by atoms with Gasteiger partial charge in [0.25, 0.3) is 0 Å². The number of anilines is 1. The van der Waals surface area contributed by atoms with E-state index in [4.69, 9.17) is 5.11 Å². The van der Waals surface area contributed by atoms with Gasteiger partial charge in [0.2, 0.25) is 0 Å². The first kappa shape index (κ1) is 13.3. The maximum Gasteiger partial charge on any atom is 0.305 e. The fraction of sp³-hybridized carbons (Fsp3) is 0.462. The first-order valence-corrected chi connectivity index (χ1v) is 6.32. The second-order valence-electron chi connectivity index (χ2n) is 4.60. The zero-order valence-corrected chi connectivity index (χ0v) is 11.4. The average Bonchev–Trinajstić information content (AvgIpc) is 2.70. The van der Waals surface area contributed by atoms with E-state index in [0.29, 0.717) is 6.54 Å². The van der Waals surface area contributed by atoms with Crippen molar-refractivity contribution >= 4 is 17.3 Å². The van der Waals surface area contributed by atoms with E-state index in [0.717, 1.165) is 17.0 Å². The maximum atomic E-state index is 10.9. The van der Waals surface area contributed by atoms with Crippen molar-refractivity contribution in [2.24, 2.45) is 0 Å². The fourth-order valence-electron chi connectivity index (χ4n) is 2.28. The Morgan fingerprint density at radius 3 is 2.95 bits per heavy atom. The quantitative estimate of drug-likeness (QED) is 0.888. The normalized spacial score (nSPS) is 12.6. The number of aryl methyl sites for hydroxylation is 1. The molecule has 2 aromatic rings. The van der Waals surface area contributed by atoms with Crippen molar-refractivity contribution in [3.63, 3.8) is 0 Å². The maximum absolute atomic E-state index is 10.9. The Bertz CT molecular complexity index is 593. The summed E-state index contributed by atoms with van der Waals surface area (Å²) in [6.07, 6.45) is 3.57. The van der Waals surface area contributed by atoms with Gasteiger partial charge in [-0.25, -0.2) is 9.50 Å². The third-order valence-electron chi connectivity index (χ3n) is 3.11. The lowest BCUT2D eigenvalue weighted by Crippen LogP contribution is -2.35. The van der Waals surface area contributed by atoms with E-state index in [-0.39, 0.29) is 12.5 Å². The number of hydrogen-bond acceptors (Lipinski definition) is 4. The topological polar surface area (TPSA) is 70.7 Å². The van der Waals surface area contributed by atoms with Gasteiger partial charge >= 0.3 is 5.97 Å². The number of rotatable bonds is 5. The number of aromatic nitrogens is 3. The minimum absolute atomic E-state index is 0.0870. The van der Waals surface area contributed by atoms with E-state index in [9.17, 15) is 4.79 Å². The van der Waals surface area contributed by atoms with Gasteiger partial charge in [-0.3, -0.25) is 4.79 Å². The molecule has 1 atom stereocenters. The van der Waals surface area contributed by atoms with E-state index < -0.39 is 5.97 Å². The van der Waals surface area contributed by atoms with E-state index in [1.807, 2.05) is 31.7 Å². The summed E-state index contributed by atoms with van der Waals surface area (Å²) in [7, 11) is 0. The Morgan fingerprint density at radius 1 is 1.58 bits per heavy atom. The molecule has 0 amide bonds. The third-order valence-corrected chi connectivity index (χ3v) is 3.11. The minimum Gasteiger partial charge on any atom is -0.481 e. The average molecular weight is 262 g/mol. The van der Waals surface area contributed by atoms with E-state index >= 15 is 0 Å². The van der Waals surface area contributed by atoms with Crippen molar-refractivity contribution in [3.8, 4) is 0 Å². The Kier molecular flexibility index (Phi) is 3.69. The van der Waals surface area contributed by atoms with Crippen molar-refractivity contribution in [2.75, 3.05) is 11.4 Å². The van der Waals surface area contributed by atoms with Crippen LogP contribution in [0.15, 0.2) is 18.5 Å². The Morgan fingerprint density at radius 2 is 2.32 bits per heavy atom.